The molecule has 0 bridgehead atoms. The molecular weight excluding hydrogens is 154 g/mol. The van der Waals surface area contributed by atoms with Crippen LogP contribution in [0.5, 0.6) is 0 Å². The van der Waals surface area contributed by atoms with Gasteiger partial charge in [-0.15, -0.1) is 0 Å². The van der Waals surface area contributed by atoms with E-state index in [4.69, 9.17) is 0 Å². The van der Waals surface area contributed by atoms with Gasteiger partial charge < -0.3 is 5.21 Å². The van der Waals surface area contributed by atoms with Gasteiger partial charge in [0.2, 0.25) is 0 Å². The lowest BCUT2D eigenvalue weighted by Crippen LogP contribution is -2.42. The van der Waals surface area contributed by atoms with Gasteiger partial charge in [-0.3, -0.25) is 4.79 Å². The number of carbonyl (C=O) groups excluding carboxylic acids is 1. The summed E-state index contributed by atoms with van der Waals surface area (Å²) >= 11 is 0. The zero-order chi connectivity index (χ0) is 9.72. The van der Waals surface area contributed by atoms with Crippen LogP contribution in [0.25, 0.3) is 0 Å². The Hall–Kier alpha value is -0.410. The van der Waals surface area contributed by atoms with Crippen LogP contribution in [-0.2, 0) is 4.79 Å². The van der Waals surface area contributed by atoms with Crippen molar-refractivity contribution in [1.29, 1.82) is 0 Å². The van der Waals surface area contributed by atoms with Gasteiger partial charge in [0.1, 0.15) is 0 Å². The van der Waals surface area contributed by atoms with E-state index in [-0.39, 0.29) is 17.9 Å². The molecule has 0 saturated heterocycles. The Balaban J connectivity index is 4.23. The van der Waals surface area contributed by atoms with Gasteiger partial charge >= 0.3 is 0 Å². The van der Waals surface area contributed by atoms with Crippen molar-refractivity contribution in [3.05, 3.63) is 0 Å². The van der Waals surface area contributed by atoms with Crippen molar-refractivity contribution >= 4 is 5.78 Å². The predicted molar refractivity (Wildman–Crippen MR) is 48.1 cm³/mol. The fourth-order valence-electron chi connectivity index (χ4n) is 1.16. The van der Waals surface area contributed by atoms with Gasteiger partial charge in [-0.2, -0.15) is 5.06 Å². The molecule has 72 valence electrons. The van der Waals surface area contributed by atoms with E-state index in [1.807, 2.05) is 27.7 Å². The van der Waals surface area contributed by atoms with Gasteiger partial charge in [0.05, 0.1) is 6.04 Å². The summed E-state index contributed by atoms with van der Waals surface area (Å²) in [5, 5.41) is 10.6. The molecule has 1 unspecified atom stereocenters. The van der Waals surface area contributed by atoms with E-state index in [0.29, 0.717) is 12.8 Å². The molecule has 0 aromatic heterocycles. The number of rotatable bonds is 5. The molecule has 3 heteroatoms. The van der Waals surface area contributed by atoms with E-state index in [9.17, 15) is 10.0 Å². The molecule has 0 aliphatic heterocycles. The average molecular weight is 173 g/mol. The minimum Gasteiger partial charge on any atom is -0.313 e. The predicted octanol–water partition coefficient (Wildman–Crippen LogP) is 1.84. The van der Waals surface area contributed by atoms with Crippen molar-refractivity contribution in [1.82, 2.24) is 5.06 Å². The largest absolute Gasteiger partial charge is 0.313 e. The van der Waals surface area contributed by atoms with Crippen LogP contribution in [0.4, 0.5) is 0 Å². The molecule has 0 fully saturated rings. The maximum absolute atomic E-state index is 11.3. The van der Waals surface area contributed by atoms with Gasteiger partial charge in [-0.1, -0.05) is 13.8 Å². The molecule has 1 N–H and O–H groups in total. The fourth-order valence-corrected chi connectivity index (χ4v) is 1.16. The summed E-state index contributed by atoms with van der Waals surface area (Å²) in [4.78, 5) is 11.3. The summed E-state index contributed by atoms with van der Waals surface area (Å²) < 4.78 is 0. The standard InChI is InChI=1S/C9H19NO2/c1-5-8(9(11)6-2)10(12)7(3)4/h7-8,12H,5-6H2,1-4H3. The summed E-state index contributed by atoms with van der Waals surface area (Å²) in [5.41, 5.74) is 0. The van der Waals surface area contributed by atoms with Crippen molar-refractivity contribution in [2.24, 2.45) is 0 Å². The average Bonchev–Trinajstić information content (AvgIpc) is 2.05. The van der Waals surface area contributed by atoms with Gasteiger partial charge in [0.25, 0.3) is 0 Å². The Bertz CT molecular complexity index is 145. The first-order chi connectivity index (χ1) is 5.54. The summed E-state index contributed by atoms with van der Waals surface area (Å²) in [6, 6.07) is -0.319. The Morgan fingerprint density at radius 1 is 1.42 bits per heavy atom. The van der Waals surface area contributed by atoms with Crippen LogP contribution in [0, 0.1) is 0 Å². The molecule has 0 aromatic rings. The van der Waals surface area contributed by atoms with E-state index in [1.54, 1.807) is 0 Å². The molecule has 0 aliphatic carbocycles. The topological polar surface area (TPSA) is 40.5 Å². The maximum Gasteiger partial charge on any atom is 0.152 e. The summed E-state index contributed by atoms with van der Waals surface area (Å²) in [6.45, 7) is 7.46. The number of ketones is 1. The van der Waals surface area contributed by atoms with Crippen molar-refractivity contribution in [2.45, 2.75) is 52.6 Å². The number of Topliss-reactive ketones (excluding diaryl/α,β-unsaturated/α-hetero) is 1. The van der Waals surface area contributed by atoms with Crippen LogP contribution in [0.2, 0.25) is 0 Å². The molecule has 0 radical (unpaired) electrons. The van der Waals surface area contributed by atoms with Crippen molar-refractivity contribution in [2.75, 3.05) is 0 Å². The molecule has 0 rings (SSSR count). The number of hydrogen-bond donors (Lipinski definition) is 1. The number of nitrogens with zero attached hydrogens (tertiary/aromatic N) is 1. The molecule has 1 atom stereocenters. The first kappa shape index (κ1) is 11.6. The molecule has 0 aromatic carbocycles. The quantitative estimate of drug-likeness (QED) is 0.645. The minimum atomic E-state index is -0.324. The van der Waals surface area contributed by atoms with Crippen LogP contribution >= 0.6 is 0 Å². The summed E-state index contributed by atoms with van der Waals surface area (Å²) in [6.07, 6.45) is 1.16. The molecule has 0 aliphatic rings. The lowest BCUT2D eigenvalue weighted by Gasteiger charge is -2.26. The van der Waals surface area contributed by atoms with E-state index >= 15 is 0 Å². The summed E-state index contributed by atoms with van der Waals surface area (Å²) in [7, 11) is 0. The smallest absolute Gasteiger partial charge is 0.152 e. The van der Waals surface area contributed by atoms with Crippen LogP contribution in [0.3, 0.4) is 0 Å². The molecule has 0 spiro atoms. The highest BCUT2D eigenvalue weighted by atomic mass is 16.5. The Labute approximate surface area is 74.3 Å². The lowest BCUT2D eigenvalue weighted by atomic mass is 10.1. The monoisotopic (exact) mass is 173 g/mol. The minimum absolute atomic E-state index is 0.00505. The van der Waals surface area contributed by atoms with Crippen LogP contribution < -0.4 is 0 Å². The van der Waals surface area contributed by atoms with Gasteiger partial charge in [0.15, 0.2) is 5.78 Å². The Morgan fingerprint density at radius 2 is 1.92 bits per heavy atom. The second-order valence-electron chi connectivity index (χ2n) is 3.22. The van der Waals surface area contributed by atoms with E-state index in [2.05, 4.69) is 0 Å². The van der Waals surface area contributed by atoms with Gasteiger partial charge in [-0.05, 0) is 20.3 Å². The SMILES string of the molecule is CCC(=O)C(CC)N(O)C(C)C. The second-order valence-corrected chi connectivity index (χ2v) is 3.22. The van der Waals surface area contributed by atoms with Crippen LogP contribution in [0.15, 0.2) is 0 Å². The Kier molecular flexibility index (Phi) is 5.09. The highest BCUT2D eigenvalue weighted by Crippen LogP contribution is 2.08. The third-order valence-electron chi connectivity index (χ3n) is 1.96. The molecule has 0 saturated carbocycles. The molecule has 12 heavy (non-hydrogen) atoms. The highest BCUT2D eigenvalue weighted by molar-refractivity contribution is 5.83. The molecule has 3 nitrogen and oxygen atoms in total. The molecule has 0 heterocycles. The maximum atomic E-state index is 11.3. The third kappa shape index (κ3) is 2.91. The number of hydroxylamine groups is 2. The molecular formula is C9H19NO2. The van der Waals surface area contributed by atoms with E-state index in [0.717, 1.165) is 5.06 Å². The highest BCUT2D eigenvalue weighted by Gasteiger charge is 2.23. The van der Waals surface area contributed by atoms with Crippen molar-refractivity contribution in [3.63, 3.8) is 0 Å². The fraction of sp³-hybridized carbons (Fsp3) is 0.889. The Morgan fingerprint density at radius 3 is 2.17 bits per heavy atom. The van der Waals surface area contributed by atoms with Gasteiger partial charge in [0, 0.05) is 12.5 Å². The zero-order valence-corrected chi connectivity index (χ0v) is 8.37. The first-order valence-corrected chi connectivity index (χ1v) is 4.54. The van der Waals surface area contributed by atoms with Crippen LogP contribution in [0.1, 0.15) is 40.5 Å². The van der Waals surface area contributed by atoms with E-state index < -0.39 is 0 Å². The van der Waals surface area contributed by atoms with Crippen LogP contribution in [-0.4, -0.2) is 28.1 Å². The third-order valence-corrected chi connectivity index (χ3v) is 1.96. The van der Waals surface area contributed by atoms with Crippen molar-refractivity contribution < 1.29 is 10.0 Å². The normalized spacial score (nSPS) is 13.9. The second kappa shape index (κ2) is 5.27. The van der Waals surface area contributed by atoms with Crippen molar-refractivity contribution in [3.8, 4) is 0 Å². The zero-order valence-electron chi connectivity index (χ0n) is 8.37. The first-order valence-electron chi connectivity index (χ1n) is 4.54. The number of carbonyl (C=O) groups is 1. The molecule has 0 amide bonds. The lowest BCUT2D eigenvalue weighted by molar-refractivity contribution is -0.166. The number of hydrogen-bond acceptors (Lipinski definition) is 3. The van der Waals surface area contributed by atoms with Gasteiger partial charge in [-0.25, -0.2) is 0 Å². The summed E-state index contributed by atoms with van der Waals surface area (Å²) in [5.74, 6) is 0.105. The van der Waals surface area contributed by atoms with E-state index in [1.165, 1.54) is 0 Å².